The monoisotopic (exact) mass is 337 g/mol. The molecule has 1 aromatic heterocycles. The van der Waals surface area contributed by atoms with Crippen LogP contribution in [-0.2, 0) is 13.0 Å². The summed E-state index contributed by atoms with van der Waals surface area (Å²) in [6.45, 7) is 3.69. The molecule has 0 fully saturated rings. The molecule has 3 N–H and O–H groups in total. The summed E-state index contributed by atoms with van der Waals surface area (Å²) in [5.74, 6) is 0.842. The predicted octanol–water partition coefficient (Wildman–Crippen LogP) is 3.61. The van der Waals surface area contributed by atoms with Gasteiger partial charge in [0.05, 0.1) is 6.61 Å². The number of carbonyl (C=O) groups is 1. The van der Waals surface area contributed by atoms with Crippen LogP contribution in [0.3, 0.4) is 0 Å². The van der Waals surface area contributed by atoms with Crippen LogP contribution >= 0.6 is 0 Å². The van der Waals surface area contributed by atoms with E-state index in [1.807, 2.05) is 49.5 Å². The molecule has 1 heterocycles. The normalized spacial score (nSPS) is 10.6. The largest absolute Gasteiger partial charge is 0.494 e. The van der Waals surface area contributed by atoms with E-state index in [1.54, 1.807) is 0 Å². The molecule has 3 rings (SSSR count). The van der Waals surface area contributed by atoms with Gasteiger partial charge in [-0.05, 0) is 42.7 Å². The van der Waals surface area contributed by atoms with E-state index in [-0.39, 0.29) is 6.03 Å². The lowest BCUT2D eigenvalue weighted by Crippen LogP contribution is -2.36. The van der Waals surface area contributed by atoms with E-state index in [0.717, 1.165) is 23.3 Å². The van der Waals surface area contributed by atoms with Crippen LogP contribution in [0.25, 0.3) is 10.9 Å². The van der Waals surface area contributed by atoms with Gasteiger partial charge in [-0.3, -0.25) is 0 Å². The van der Waals surface area contributed by atoms with E-state index < -0.39 is 0 Å². The van der Waals surface area contributed by atoms with E-state index in [1.165, 1.54) is 10.9 Å². The van der Waals surface area contributed by atoms with E-state index >= 15 is 0 Å². The third-order valence-corrected chi connectivity index (χ3v) is 4.04. The van der Waals surface area contributed by atoms with Crippen molar-refractivity contribution >= 4 is 16.9 Å². The van der Waals surface area contributed by atoms with Gasteiger partial charge in [-0.2, -0.15) is 0 Å². The number of amides is 2. The third-order valence-electron chi connectivity index (χ3n) is 4.04. The van der Waals surface area contributed by atoms with Crippen molar-refractivity contribution in [2.45, 2.75) is 19.9 Å². The zero-order chi connectivity index (χ0) is 17.5. The number of benzene rings is 2. The Balaban J connectivity index is 1.42. The van der Waals surface area contributed by atoms with Crippen molar-refractivity contribution in [3.63, 3.8) is 0 Å². The van der Waals surface area contributed by atoms with Crippen molar-refractivity contribution in [2.24, 2.45) is 0 Å². The standard InChI is InChI=1S/C20H23N3O2/c1-2-25-17-9-7-15(8-10-17)13-23-20(24)21-12-11-16-14-22-19-6-4-3-5-18(16)19/h3-10,14,22H,2,11-13H2,1H3,(H2,21,23,24). The van der Waals surface area contributed by atoms with Gasteiger partial charge in [-0.1, -0.05) is 30.3 Å². The Labute approximate surface area is 147 Å². The molecule has 0 aliphatic rings. The number of fused-ring (bicyclic) bond motifs is 1. The fourth-order valence-electron chi connectivity index (χ4n) is 2.76. The fourth-order valence-corrected chi connectivity index (χ4v) is 2.76. The molecular formula is C20H23N3O2. The highest BCUT2D eigenvalue weighted by molar-refractivity contribution is 5.83. The molecule has 5 nitrogen and oxygen atoms in total. The molecule has 0 atom stereocenters. The Kier molecular flexibility index (Phi) is 5.57. The second-order valence-electron chi connectivity index (χ2n) is 5.80. The average Bonchev–Trinajstić information content (AvgIpc) is 3.05. The summed E-state index contributed by atoms with van der Waals surface area (Å²) < 4.78 is 5.40. The van der Waals surface area contributed by atoms with E-state index in [9.17, 15) is 4.79 Å². The summed E-state index contributed by atoms with van der Waals surface area (Å²) in [5.41, 5.74) is 3.37. The highest BCUT2D eigenvalue weighted by atomic mass is 16.5. The second kappa shape index (κ2) is 8.24. The van der Waals surface area contributed by atoms with Gasteiger partial charge in [-0.15, -0.1) is 0 Å². The summed E-state index contributed by atoms with van der Waals surface area (Å²) in [5, 5.41) is 6.98. The van der Waals surface area contributed by atoms with Gasteiger partial charge in [0.15, 0.2) is 0 Å². The maximum atomic E-state index is 11.9. The summed E-state index contributed by atoms with van der Waals surface area (Å²) in [7, 11) is 0. The zero-order valence-electron chi connectivity index (χ0n) is 14.3. The molecule has 2 amide bonds. The molecule has 0 aliphatic carbocycles. The number of aromatic nitrogens is 1. The first-order chi connectivity index (χ1) is 12.3. The number of hydrogen-bond donors (Lipinski definition) is 3. The van der Waals surface area contributed by atoms with E-state index in [4.69, 9.17) is 4.74 Å². The van der Waals surface area contributed by atoms with Crippen molar-refractivity contribution < 1.29 is 9.53 Å². The second-order valence-corrected chi connectivity index (χ2v) is 5.80. The number of H-pyrrole nitrogens is 1. The predicted molar refractivity (Wildman–Crippen MR) is 99.9 cm³/mol. The number of rotatable bonds is 7. The van der Waals surface area contributed by atoms with Crippen LogP contribution in [0.2, 0.25) is 0 Å². The molecule has 2 aromatic carbocycles. The highest BCUT2D eigenvalue weighted by Gasteiger charge is 2.04. The van der Waals surface area contributed by atoms with Gasteiger partial charge in [-0.25, -0.2) is 4.79 Å². The van der Waals surface area contributed by atoms with Crippen LogP contribution in [-0.4, -0.2) is 24.2 Å². The Morgan fingerprint density at radius 2 is 1.88 bits per heavy atom. The average molecular weight is 337 g/mol. The quantitative estimate of drug-likeness (QED) is 0.616. The van der Waals surface area contributed by atoms with Crippen LogP contribution in [0, 0.1) is 0 Å². The minimum absolute atomic E-state index is 0.159. The molecular weight excluding hydrogens is 314 g/mol. The number of aromatic amines is 1. The molecule has 130 valence electrons. The summed E-state index contributed by atoms with van der Waals surface area (Å²) in [4.78, 5) is 15.2. The highest BCUT2D eigenvalue weighted by Crippen LogP contribution is 2.17. The van der Waals surface area contributed by atoms with Crippen molar-refractivity contribution in [1.29, 1.82) is 0 Å². The van der Waals surface area contributed by atoms with E-state index in [0.29, 0.717) is 19.7 Å². The lowest BCUT2D eigenvalue weighted by atomic mass is 10.1. The number of hydrogen-bond acceptors (Lipinski definition) is 2. The summed E-state index contributed by atoms with van der Waals surface area (Å²) in [6, 6.07) is 15.8. The van der Waals surface area contributed by atoms with Crippen LogP contribution < -0.4 is 15.4 Å². The molecule has 0 bridgehead atoms. The molecule has 0 saturated carbocycles. The first-order valence-electron chi connectivity index (χ1n) is 8.54. The van der Waals surface area contributed by atoms with Crippen molar-refractivity contribution in [3.05, 3.63) is 65.9 Å². The lowest BCUT2D eigenvalue weighted by molar-refractivity contribution is 0.240. The number of carbonyl (C=O) groups excluding carboxylic acids is 1. The van der Waals surface area contributed by atoms with Crippen LogP contribution in [0.15, 0.2) is 54.7 Å². The van der Waals surface area contributed by atoms with Crippen LogP contribution in [0.1, 0.15) is 18.1 Å². The van der Waals surface area contributed by atoms with Crippen molar-refractivity contribution in [1.82, 2.24) is 15.6 Å². The molecule has 0 radical (unpaired) electrons. The van der Waals surface area contributed by atoms with Gasteiger partial charge in [0.25, 0.3) is 0 Å². The number of para-hydroxylation sites is 1. The molecule has 5 heteroatoms. The molecule has 3 aromatic rings. The molecule has 0 spiro atoms. The van der Waals surface area contributed by atoms with Gasteiger partial charge in [0.1, 0.15) is 5.75 Å². The number of nitrogens with one attached hydrogen (secondary N) is 3. The minimum Gasteiger partial charge on any atom is -0.494 e. The number of urea groups is 1. The maximum Gasteiger partial charge on any atom is 0.315 e. The first kappa shape index (κ1) is 16.9. The van der Waals surface area contributed by atoms with Crippen molar-refractivity contribution in [3.8, 4) is 5.75 Å². The molecule has 0 saturated heterocycles. The zero-order valence-corrected chi connectivity index (χ0v) is 14.3. The Morgan fingerprint density at radius 1 is 1.08 bits per heavy atom. The fraction of sp³-hybridized carbons (Fsp3) is 0.250. The molecule has 0 unspecified atom stereocenters. The van der Waals surface area contributed by atoms with Gasteiger partial charge < -0.3 is 20.4 Å². The van der Waals surface area contributed by atoms with Gasteiger partial charge >= 0.3 is 6.03 Å². The SMILES string of the molecule is CCOc1ccc(CNC(=O)NCCc2c[nH]c3ccccc23)cc1. The third kappa shape index (κ3) is 4.53. The maximum absolute atomic E-state index is 11.9. The van der Waals surface area contributed by atoms with Crippen LogP contribution in [0.4, 0.5) is 4.79 Å². The summed E-state index contributed by atoms with van der Waals surface area (Å²) in [6.07, 6.45) is 2.80. The van der Waals surface area contributed by atoms with Gasteiger partial charge in [0.2, 0.25) is 0 Å². The Bertz CT molecular complexity index is 824. The van der Waals surface area contributed by atoms with E-state index in [2.05, 4.69) is 27.8 Å². The first-order valence-corrected chi connectivity index (χ1v) is 8.54. The summed E-state index contributed by atoms with van der Waals surface area (Å²) >= 11 is 0. The molecule has 25 heavy (non-hydrogen) atoms. The van der Waals surface area contributed by atoms with Gasteiger partial charge in [0, 0.05) is 30.2 Å². The lowest BCUT2D eigenvalue weighted by Gasteiger charge is -2.08. The topological polar surface area (TPSA) is 66.2 Å². The smallest absolute Gasteiger partial charge is 0.315 e. The Morgan fingerprint density at radius 3 is 2.68 bits per heavy atom. The van der Waals surface area contributed by atoms with Crippen LogP contribution in [0.5, 0.6) is 5.75 Å². The van der Waals surface area contributed by atoms with Crippen molar-refractivity contribution in [2.75, 3.05) is 13.2 Å². The molecule has 0 aliphatic heterocycles. The Hall–Kier alpha value is -2.95. The minimum atomic E-state index is -0.159. The number of ether oxygens (including phenoxy) is 1.